The summed E-state index contributed by atoms with van der Waals surface area (Å²) in [5.41, 5.74) is 0. The van der Waals surface area contributed by atoms with Gasteiger partial charge in [-0.1, -0.05) is 13.3 Å². The lowest BCUT2D eigenvalue weighted by Gasteiger charge is -2.24. The Bertz CT molecular complexity index is 215. The second kappa shape index (κ2) is 5.50. The molecule has 1 heterocycles. The Morgan fingerprint density at radius 2 is 2.06 bits per heavy atom. The number of nitrogens with one attached hydrogen (secondary N) is 1. The molecule has 0 aromatic carbocycles. The maximum atomic E-state index is 3.87. The zero-order valence-electron chi connectivity index (χ0n) is 11.2. The molecule has 2 nitrogen and oxygen atoms in total. The molecular weight excluding hydrogens is 196 g/mol. The molecule has 0 radical (unpaired) electrons. The molecule has 2 rings (SSSR count). The number of hydrogen-bond donors (Lipinski definition) is 1. The number of nitrogens with zero attached hydrogens (tertiary/aromatic N) is 1. The predicted molar refractivity (Wildman–Crippen MR) is 69.7 cm³/mol. The first kappa shape index (κ1) is 12.4. The summed E-state index contributed by atoms with van der Waals surface area (Å²) in [7, 11) is 0. The summed E-state index contributed by atoms with van der Waals surface area (Å²) >= 11 is 0. The lowest BCUT2D eigenvalue weighted by Crippen LogP contribution is -2.35. The van der Waals surface area contributed by atoms with E-state index in [1.54, 1.807) is 0 Å². The van der Waals surface area contributed by atoms with Crippen LogP contribution in [0.25, 0.3) is 0 Å². The third kappa shape index (κ3) is 3.21. The van der Waals surface area contributed by atoms with Crippen LogP contribution < -0.4 is 5.32 Å². The maximum absolute atomic E-state index is 3.87. The molecule has 1 aliphatic carbocycles. The zero-order chi connectivity index (χ0) is 11.5. The van der Waals surface area contributed by atoms with Gasteiger partial charge >= 0.3 is 0 Å². The molecule has 1 saturated carbocycles. The van der Waals surface area contributed by atoms with Gasteiger partial charge in [-0.25, -0.2) is 0 Å². The normalized spacial score (nSPS) is 36.4. The lowest BCUT2D eigenvalue weighted by molar-refractivity contribution is 0.229. The van der Waals surface area contributed by atoms with E-state index < -0.39 is 0 Å². The largest absolute Gasteiger partial charge is 0.311 e. The summed E-state index contributed by atoms with van der Waals surface area (Å²) in [6.45, 7) is 9.56. The van der Waals surface area contributed by atoms with Crippen LogP contribution in [0.2, 0.25) is 0 Å². The number of rotatable bonds is 4. The van der Waals surface area contributed by atoms with Crippen LogP contribution in [0.1, 0.15) is 52.9 Å². The minimum atomic E-state index is 0.725. The van der Waals surface area contributed by atoms with Crippen molar-refractivity contribution in [3.63, 3.8) is 0 Å². The summed E-state index contributed by atoms with van der Waals surface area (Å²) in [6, 6.07) is 2.38. The summed E-state index contributed by atoms with van der Waals surface area (Å²) < 4.78 is 0. The van der Waals surface area contributed by atoms with Crippen molar-refractivity contribution in [1.82, 2.24) is 10.2 Å². The highest BCUT2D eigenvalue weighted by molar-refractivity contribution is 4.94. The Kier molecular flexibility index (Phi) is 4.26. The van der Waals surface area contributed by atoms with Crippen molar-refractivity contribution in [2.75, 3.05) is 13.1 Å². The minimum Gasteiger partial charge on any atom is -0.311 e. The monoisotopic (exact) mass is 224 g/mol. The van der Waals surface area contributed by atoms with Crippen LogP contribution in [0.15, 0.2) is 0 Å². The molecular formula is C14H28N2. The molecule has 1 N–H and O–H groups in total. The summed E-state index contributed by atoms with van der Waals surface area (Å²) in [4.78, 5) is 2.63. The standard InChI is InChI=1S/C14H28N2/c1-4-12-10-14(12)15-13-6-5-8-16(9-7-13)11(2)3/h11-15H,4-10H2,1-3H3. The van der Waals surface area contributed by atoms with Gasteiger partial charge in [-0.3, -0.25) is 0 Å². The van der Waals surface area contributed by atoms with Crippen LogP contribution in [0, 0.1) is 5.92 Å². The van der Waals surface area contributed by atoms with Crippen molar-refractivity contribution in [3.05, 3.63) is 0 Å². The van der Waals surface area contributed by atoms with E-state index in [4.69, 9.17) is 0 Å². The first-order valence-electron chi connectivity index (χ1n) is 7.20. The highest BCUT2D eigenvalue weighted by Crippen LogP contribution is 2.34. The molecule has 3 atom stereocenters. The van der Waals surface area contributed by atoms with E-state index in [9.17, 15) is 0 Å². The number of hydrogen-bond acceptors (Lipinski definition) is 2. The van der Waals surface area contributed by atoms with E-state index in [0.717, 1.165) is 24.0 Å². The van der Waals surface area contributed by atoms with Crippen molar-refractivity contribution in [2.24, 2.45) is 5.92 Å². The Hall–Kier alpha value is -0.0800. The van der Waals surface area contributed by atoms with Gasteiger partial charge in [-0.2, -0.15) is 0 Å². The zero-order valence-corrected chi connectivity index (χ0v) is 11.2. The van der Waals surface area contributed by atoms with Crippen molar-refractivity contribution < 1.29 is 0 Å². The molecule has 1 aliphatic heterocycles. The highest BCUT2D eigenvalue weighted by atomic mass is 15.2. The molecule has 2 fully saturated rings. The first-order chi connectivity index (χ1) is 7.70. The molecule has 2 aliphatic rings. The van der Waals surface area contributed by atoms with Crippen LogP contribution in [0.4, 0.5) is 0 Å². The molecule has 0 bridgehead atoms. The van der Waals surface area contributed by atoms with Crippen LogP contribution in [0.3, 0.4) is 0 Å². The lowest BCUT2D eigenvalue weighted by atomic mass is 10.1. The Labute approximate surface area is 101 Å². The van der Waals surface area contributed by atoms with Gasteiger partial charge in [0.2, 0.25) is 0 Å². The van der Waals surface area contributed by atoms with Crippen molar-refractivity contribution in [1.29, 1.82) is 0 Å². The average molecular weight is 224 g/mol. The van der Waals surface area contributed by atoms with Crippen molar-refractivity contribution in [2.45, 2.75) is 71.0 Å². The molecule has 94 valence electrons. The van der Waals surface area contributed by atoms with E-state index in [2.05, 4.69) is 31.0 Å². The fourth-order valence-corrected chi connectivity index (χ4v) is 3.01. The van der Waals surface area contributed by atoms with Crippen LogP contribution in [-0.4, -0.2) is 36.1 Å². The van der Waals surface area contributed by atoms with Gasteiger partial charge in [0.1, 0.15) is 0 Å². The summed E-state index contributed by atoms with van der Waals surface area (Å²) in [5, 5.41) is 3.87. The smallest absolute Gasteiger partial charge is 0.0102 e. The Morgan fingerprint density at radius 3 is 2.69 bits per heavy atom. The van der Waals surface area contributed by atoms with E-state index in [1.165, 1.54) is 45.2 Å². The fraction of sp³-hybridized carbons (Fsp3) is 1.00. The third-order valence-corrected chi connectivity index (χ3v) is 4.39. The number of likely N-dealkylation sites (tertiary alicyclic amines) is 1. The van der Waals surface area contributed by atoms with Crippen LogP contribution >= 0.6 is 0 Å². The van der Waals surface area contributed by atoms with Gasteiger partial charge < -0.3 is 10.2 Å². The average Bonchev–Trinajstić information content (AvgIpc) is 3.02. The fourth-order valence-electron chi connectivity index (χ4n) is 3.01. The second-order valence-electron chi connectivity index (χ2n) is 5.93. The van der Waals surface area contributed by atoms with Gasteiger partial charge in [-0.05, 0) is 58.5 Å². The van der Waals surface area contributed by atoms with E-state index in [1.807, 2.05) is 0 Å². The third-order valence-electron chi connectivity index (χ3n) is 4.39. The molecule has 2 heteroatoms. The van der Waals surface area contributed by atoms with Crippen LogP contribution in [-0.2, 0) is 0 Å². The molecule has 0 aromatic rings. The molecule has 3 unspecified atom stereocenters. The van der Waals surface area contributed by atoms with Gasteiger partial charge in [-0.15, -0.1) is 0 Å². The van der Waals surface area contributed by atoms with Gasteiger partial charge in [0, 0.05) is 18.1 Å². The molecule has 0 spiro atoms. The highest BCUT2D eigenvalue weighted by Gasteiger charge is 2.36. The molecule has 16 heavy (non-hydrogen) atoms. The maximum Gasteiger partial charge on any atom is 0.0102 e. The molecule has 1 saturated heterocycles. The second-order valence-corrected chi connectivity index (χ2v) is 5.93. The van der Waals surface area contributed by atoms with E-state index >= 15 is 0 Å². The topological polar surface area (TPSA) is 15.3 Å². The quantitative estimate of drug-likeness (QED) is 0.790. The Balaban J connectivity index is 1.72. The van der Waals surface area contributed by atoms with Crippen molar-refractivity contribution in [3.8, 4) is 0 Å². The molecule has 0 aromatic heterocycles. The first-order valence-corrected chi connectivity index (χ1v) is 7.20. The van der Waals surface area contributed by atoms with Gasteiger partial charge in [0.25, 0.3) is 0 Å². The SMILES string of the molecule is CCC1CC1NC1CCCN(C(C)C)CC1. The van der Waals surface area contributed by atoms with Crippen LogP contribution in [0.5, 0.6) is 0 Å². The van der Waals surface area contributed by atoms with Gasteiger partial charge in [0.05, 0.1) is 0 Å². The van der Waals surface area contributed by atoms with E-state index in [-0.39, 0.29) is 0 Å². The summed E-state index contributed by atoms with van der Waals surface area (Å²) in [6.07, 6.45) is 6.91. The van der Waals surface area contributed by atoms with E-state index in [0.29, 0.717) is 0 Å². The van der Waals surface area contributed by atoms with Crippen molar-refractivity contribution >= 4 is 0 Å². The van der Waals surface area contributed by atoms with Gasteiger partial charge in [0.15, 0.2) is 0 Å². The Morgan fingerprint density at radius 1 is 1.25 bits per heavy atom. The summed E-state index contributed by atoms with van der Waals surface area (Å²) in [5.74, 6) is 0.990. The minimum absolute atomic E-state index is 0.725. The predicted octanol–water partition coefficient (Wildman–Crippen LogP) is 2.64. The molecule has 0 amide bonds.